The molecule has 2 heterocycles. The molecule has 0 aliphatic carbocycles. The summed E-state index contributed by atoms with van der Waals surface area (Å²) in [6, 6.07) is 0. The van der Waals surface area contributed by atoms with Crippen molar-refractivity contribution in [3.8, 4) is 0 Å². The molecule has 0 aromatic heterocycles. The second-order valence-electron chi connectivity index (χ2n) is 4.49. The maximum atomic E-state index is 12.6. The van der Waals surface area contributed by atoms with Crippen LogP contribution in [-0.2, 0) is 9.63 Å². The quantitative estimate of drug-likeness (QED) is 0.826. The minimum absolute atomic E-state index is 0.000671. The Labute approximate surface area is 103 Å². The zero-order chi connectivity index (χ0) is 13.2. The van der Waals surface area contributed by atoms with Crippen LogP contribution in [0.2, 0.25) is 0 Å². The number of halogens is 3. The molecule has 0 spiro atoms. The van der Waals surface area contributed by atoms with E-state index in [1.165, 1.54) is 4.90 Å². The molecule has 102 valence electrons. The van der Waals surface area contributed by atoms with Crippen LogP contribution in [0.3, 0.4) is 0 Å². The minimum Gasteiger partial charge on any atom is -0.339 e. The first-order valence-corrected chi connectivity index (χ1v) is 5.93. The van der Waals surface area contributed by atoms with Gasteiger partial charge in [-0.15, -0.1) is 0 Å². The van der Waals surface area contributed by atoms with Gasteiger partial charge in [-0.2, -0.15) is 13.2 Å². The molecule has 1 amide bonds. The molecule has 7 heteroatoms. The Kier molecular flexibility index (Phi) is 3.79. The number of nitrogens with one attached hydrogen (secondary N) is 1. The van der Waals surface area contributed by atoms with Gasteiger partial charge in [-0.1, -0.05) is 6.42 Å². The first-order chi connectivity index (χ1) is 8.48. The molecule has 0 atom stereocenters. The predicted molar refractivity (Wildman–Crippen MR) is 57.2 cm³/mol. The van der Waals surface area contributed by atoms with Crippen molar-refractivity contribution in [1.29, 1.82) is 0 Å². The van der Waals surface area contributed by atoms with Crippen molar-refractivity contribution in [1.82, 2.24) is 10.4 Å². The van der Waals surface area contributed by atoms with E-state index in [1.54, 1.807) is 0 Å². The number of carbonyl (C=O) groups excluding carboxylic acids is 1. The van der Waals surface area contributed by atoms with E-state index in [0.717, 1.165) is 19.3 Å². The van der Waals surface area contributed by atoms with Crippen LogP contribution >= 0.6 is 0 Å². The van der Waals surface area contributed by atoms with E-state index in [1.807, 2.05) is 5.48 Å². The molecular formula is C11H15F3N2O2. The normalized spacial score (nSPS) is 22.2. The molecule has 0 aromatic carbocycles. The van der Waals surface area contributed by atoms with Crippen LogP contribution in [0.15, 0.2) is 11.3 Å². The van der Waals surface area contributed by atoms with Crippen LogP contribution in [-0.4, -0.2) is 36.7 Å². The van der Waals surface area contributed by atoms with Gasteiger partial charge >= 0.3 is 6.18 Å². The van der Waals surface area contributed by atoms with Gasteiger partial charge in [0.05, 0.1) is 6.61 Å². The Morgan fingerprint density at radius 3 is 2.78 bits per heavy atom. The molecule has 2 aliphatic rings. The van der Waals surface area contributed by atoms with Gasteiger partial charge in [-0.3, -0.25) is 15.1 Å². The Balaban J connectivity index is 2.09. The van der Waals surface area contributed by atoms with Crippen LogP contribution in [0.1, 0.15) is 25.7 Å². The molecule has 1 fully saturated rings. The summed E-state index contributed by atoms with van der Waals surface area (Å²) >= 11 is 0. The molecule has 0 saturated carbocycles. The lowest BCUT2D eigenvalue weighted by Gasteiger charge is -2.21. The van der Waals surface area contributed by atoms with E-state index in [-0.39, 0.29) is 24.6 Å². The van der Waals surface area contributed by atoms with E-state index in [2.05, 4.69) is 4.84 Å². The van der Waals surface area contributed by atoms with Gasteiger partial charge in [0.1, 0.15) is 5.70 Å². The van der Waals surface area contributed by atoms with Crippen molar-refractivity contribution >= 4 is 5.91 Å². The molecule has 4 nitrogen and oxygen atoms in total. The molecule has 0 aromatic rings. The number of amides is 1. The largest absolute Gasteiger partial charge is 0.433 e. The number of hydroxylamine groups is 1. The molecule has 2 aliphatic heterocycles. The summed E-state index contributed by atoms with van der Waals surface area (Å²) in [6.45, 7) is 0.396. The van der Waals surface area contributed by atoms with E-state index < -0.39 is 11.9 Å². The van der Waals surface area contributed by atoms with Gasteiger partial charge in [-0.05, 0) is 12.8 Å². The van der Waals surface area contributed by atoms with E-state index in [0.29, 0.717) is 13.0 Å². The topological polar surface area (TPSA) is 41.6 Å². The minimum atomic E-state index is -4.46. The molecular weight excluding hydrogens is 249 g/mol. The average molecular weight is 264 g/mol. The smallest absolute Gasteiger partial charge is 0.339 e. The maximum absolute atomic E-state index is 12.6. The Morgan fingerprint density at radius 2 is 2.06 bits per heavy atom. The fourth-order valence-corrected chi connectivity index (χ4v) is 2.16. The fourth-order valence-electron chi connectivity index (χ4n) is 2.16. The molecule has 1 N–H and O–H groups in total. The zero-order valence-electron chi connectivity index (χ0n) is 9.85. The SMILES string of the molecule is O=C1CCCCCN1CC1=C(C(F)(F)F)NOC1. The highest BCUT2D eigenvalue weighted by atomic mass is 19.4. The lowest BCUT2D eigenvalue weighted by molar-refractivity contribution is -0.130. The van der Waals surface area contributed by atoms with Gasteiger partial charge in [0.15, 0.2) is 0 Å². The first-order valence-electron chi connectivity index (χ1n) is 5.93. The maximum Gasteiger partial charge on any atom is 0.433 e. The summed E-state index contributed by atoms with van der Waals surface area (Å²) < 4.78 is 37.9. The highest BCUT2D eigenvalue weighted by molar-refractivity contribution is 5.76. The van der Waals surface area contributed by atoms with Gasteiger partial charge in [0.2, 0.25) is 5.91 Å². The molecule has 18 heavy (non-hydrogen) atoms. The summed E-state index contributed by atoms with van der Waals surface area (Å²) in [4.78, 5) is 17.8. The number of nitrogens with zero attached hydrogens (tertiary/aromatic N) is 1. The number of alkyl halides is 3. The van der Waals surface area contributed by atoms with Crippen molar-refractivity contribution in [3.63, 3.8) is 0 Å². The van der Waals surface area contributed by atoms with Gasteiger partial charge in [0, 0.05) is 25.1 Å². The van der Waals surface area contributed by atoms with Gasteiger partial charge < -0.3 is 4.90 Å². The molecule has 0 unspecified atom stereocenters. The molecule has 2 rings (SSSR count). The third-order valence-electron chi connectivity index (χ3n) is 3.11. The highest BCUT2D eigenvalue weighted by Gasteiger charge is 2.40. The Hall–Kier alpha value is -1.24. The van der Waals surface area contributed by atoms with Crippen molar-refractivity contribution in [2.75, 3.05) is 19.7 Å². The third kappa shape index (κ3) is 2.95. The standard InChI is InChI=1S/C11H15F3N2O2/c12-11(13,14)10-8(7-18-15-10)6-16-5-3-1-2-4-9(16)17/h15H,1-7H2. The summed E-state index contributed by atoms with van der Waals surface area (Å²) in [7, 11) is 0. The van der Waals surface area contributed by atoms with Crippen LogP contribution in [0.25, 0.3) is 0 Å². The van der Waals surface area contributed by atoms with Crippen molar-refractivity contribution in [2.24, 2.45) is 0 Å². The Bertz CT molecular complexity index is 366. The van der Waals surface area contributed by atoms with E-state index in [9.17, 15) is 18.0 Å². The monoisotopic (exact) mass is 264 g/mol. The second kappa shape index (κ2) is 5.17. The summed E-state index contributed by atoms with van der Waals surface area (Å²) in [5.74, 6) is -0.0755. The number of rotatable bonds is 2. The molecule has 0 radical (unpaired) electrons. The van der Waals surface area contributed by atoms with Crippen LogP contribution in [0, 0.1) is 0 Å². The summed E-state index contributed by atoms with van der Waals surface area (Å²) in [5.41, 5.74) is 1.12. The molecule has 0 bridgehead atoms. The lowest BCUT2D eigenvalue weighted by Crippen LogP contribution is -2.33. The summed E-state index contributed by atoms with van der Waals surface area (Å²) in [6.07, 6.45) is -1.43. The van der Waals surface area contributed by atoms with Crippen LogP contribution in [0.4, 0.5) is 13.2 Å². The Morgan fingerprint density at radius 1 is 1.28 bits per heavy atom. The van der Waals surface area contributed by atoms with Crippen molar-refractivity contribution in [2.45, 2.75) is 31.9 Å². The van der Waals surface area contributed by atoms with E-state index in [4.69, 9.17) is 0 Å². The molecule has 1 saturated heterocycles. The van der Waals surface area contributed by atoms with Crippen molar-refractivity contribution in [3.05, 3.63) is 11.3 Å². The lowest BCUT2D eigenvalue weighted by atomic mass is 10.2. The fraction of sp³-hybridized carbons (Fsp3) is 0.727. The van der Waals surface area contributed by atoms with Crippen LogP contribution < -0.4 is 5.48 Å². The second-order valence-corrected chi connectivity index (χ2v) is 4.49. The number of carbonyl (C=O) groups is 1. The third-order valence-corrected chi connectivity index (χ3v) is 3.11. The van der Waals surface area contributed by atoms with Gasteiger partial charge in [-0.25, -0.2) is 0 Å². The average Bonchev–Trinajstić information content (AvgIpc) is 2.65. The summed E-state index contributed by atoms with van der Waals surface area (Å²) in [5, 5.41) is 0. The van der Waals surface area contributed by atoms with Gasteiger partial charge in [0.25, 0.3) is 0 Å². The zero-order valence-corrected chi connectivity index (χ0v) is 9.85. The van der Waals surface area contributed by atoms with Crippen LogP contribution in [0.5, 0.6) is 0 Å². The predicted octanol–water partition coefficient (Wildman–Crippen LogP) is 1.74. The van der Waals surface area contributed by atoms with Crippen molar-refractivity contribution < 1.29 is 22.8 Å². The highest BCUT2D eigenvalue weighted by Crippen LogP contribution is 2.29. The number of likely N-dealkylation sites (tertiary alicyclic amines) is 1. The number of hydrogen-bond donors (Lipinski definition) is 1. The number of allylic oxidation sites excluding steroid dienone is 1. The first kappa shape index (κ1) is 13.2. The number of hydrogen-bond acceptors (Lipinski definition) is 3. The van der Waals surface area contributed by atoms with E-state index >= 15 is 0 Å².